The SMILES string of the molecule is Brc1cccc(CN2CCOC3CCCCC32)c1. The van der Waals surface area contributed by atoms with Gasteiger partial charge in [0.25, 0.3) is 0 Å². The van der Waals surface area contributed by atoms with E-state index in [9.17, 15) is 0 Å². The smallest absolute Gasteiger partial charge is 0.0731 e. The predicted molar refractivity (Wildman–Crippen MR) is 76.5 cm³/mol. The molecule has 2 nitrogen and oxygen atoms in total. The van der Waals surface area contributed by atoms with Crippen molar-refractivity contribution in [3.05, 3.63) is 34.3 Å². The number of morpholine rings is 1. The van der Waals surface area contributed by atoms with Crippen LogP contribution in [0.5, 0.6) is 0 Å². The van der Waals surface area contributed by atoms with Gasteiger partial charge in [0.15, 0.2) is 0 Å². The second-order valence-electron chi connectivity index (χ2n) is 5.36. The summed E-state index contributed by atoms with van der Waals surface area (Å²) < 4.78 is 7.10. The zero-order valence-electron chi connectivity index (χ0n) is 10.6. The van der Waals surface area contributed by atoms with Crippen LogP contribution in [0, 0.1) is 0 Å². The van der Waals surface area contributed by atoms with Gasteiger partial charge in [-0.15, -0.1) is 0 Å². The molecule has 0 aromatic heterocycles. The van der Waals surface area contributed by atoms with E-state index in [-0.39, 0.29) is 0 Å². The third-order valence-electron chi connectivity index (χ3n) is 4.12. The van der Waals surface area contributed by atoms with Crippen molar-refractivity contribution >= 4 is 15.9 Å². The number of rotatable bonds is 2. The monoisotopic (exact) mass is 309 g/mol. The Morgan fingerprint density at radius 2 is 2.17 bits per heavy atom. The standard InChI is InChI=1S/C15H20BrNO/c16-13-5-3-4-12(10-13)11-17-8-9-18-15-7-2-1-6-14(15)17/h3-5,10,14-15H,1-2,6-9,11H2. The van der Waals surface area contributed by atoms with E-state index >= 15 is 0 Å². The molecule has 0 radical (unpaired) electrons. The molecule has 98 valence electrons. The van der Waals surface area contributed by atoms with E-state index < -0.39 is 0 Å². The van der Waals surface area contributed by atoms with Crippen molar-refractivity contribution in [1.29, 1.82) is 0 Å². The molecule has 3 heteroatoms. The van der Waals surface area contributed by atoms with E-state index in [0.717, 1.165) is 19.7 Å². The van der Waals surface area contributed by atoms with Crippen LogP contribution in [0.25, 0.3) is 0 Å². The van der Waals surface area contributed by atoms with Crippen molar-refractivity contribution in [2.24, 2.45) is 0 Å². The van der Waals surface area contributed by atoms with E-state index in [1.54, 1.807) is 0 Å². The molecule has 3 rings (SSSR count). The Hall–Kier alpha value is -0.380. The summed E-state index contributed by atoms with van der Waals surface area (Å²) in [6.07, 6.45) is 5.74. The molecule has 0 amide bonds. The Bertz CT molecular complexity index is 407. The number of nitrogens with zero attached hydrogens (tertiary/aromatic N) is 1. The number of ether oxygens (including phenoxy) is 1. The van der Waals surface area contributed by atoms with Crippen molar-refractivity contribution < 1.29 is 4.74 Å². The lowest BCUT2D eigenvalue weighted by Gasteiger charge is -2.43. The Kier molecular flexibility index (Phi) is 4.02. The number of benzene rings is 1. The van der Waals surface area contributed by atoms with Crippen molar-refractivity contribution in [3.63, 3.8) is 0 Å². The van der Waals surface area contributed by atoms with Gasteiger partial charge in [0.1, 0.15) is 0 Å². The van der Waals surface area contributed by atoms with Gasteiger partial charge in [0, 0.05) is 23.6 Å². The highest BCUT2D eigenvalue weighted by Crippen LogP contribution is 2.29. The fourth-order valence-electron chi connectivity index (χ4n) is 3.24. The molecule has 1 heterocycles. The van der Waals surface area contributed by atoms with Gasteiger partial charge in [-0.25, -0.2) is 0 Å². The number of fused-ring (bicyclic) bond motifs is 1. The van der Waals surface area contributed by atoms with Crippen LogP contribution in [0.15, 0.2) is 28.7 Å². The normalized spacial score (nSPS) is 28.9. The molecular weight excluding hydrogens is 290 g/mol. The van der Waals surface area contributed by atoms with Gasteiger partial charge >= 0.3 is 0 Å². The topological polar surface area (TPSA) is 12.5 Å². The van der Waals surface area contributed by atoms with E-state index in [0.29, 0.717) is 12.1 Å². The van der Waals surface area contributed by atoms with E-state index in [2.05, 4.69) is 45.1 Å². The molecular formula is C15H20BrNO. The van der Waals surface area contributed by atoms with Crippen molar-refractivity contribution in [2.75, 3.05) is 13.2 Å². The third kappa shape index (κ3) is 2.79. The first kappa shape index (κ1) is 12.6. The van der Waals surface area contributed by atoms with Crippen LogP contribution in [0.4, 0.5) is 0 Å². The number of hydrogen-bond donors (Lipinski definition) is 0. The summed E-state index contributed by atoms with van der Waals surface area (Å²) >= 11 is 3.55. The molecule has 2 aliphatic rings. The molecule has 2 atom stereocenters. The van der Waals surface area contributed by atoms with Gasteiger partial charge in [-0.05, 0) is 30.5 Å². The van der Waals surface area contributed by atoms with Crippen molar-refractivity contribution in [1.82, 2.24) is 4.90 Å². The predicted octanol–water partition coefficient (Wildman–Crippen LogP) is 3.59. The summed E-state index contributed by atoms with van der Waals surface area (Å²) in [6.45, 7) is 3.03. The van der Waals surface area contributed by atoms with Gasteiger partial charge in [-0.3, -0.25) is 4.90 Å². The molecule has 2 unspecified atom stereocenters. The Morgan fingerprint density at radius 1 is 1.28 bits per heavy atom. The van der Waals surface area contributed by atoms with Crippen molar-refractivity contribution in [3.8, 4) is 0 Å². The number of hydrogen-bond acceptors (Lipinski definition) is 2. The summed E-state index contributed by atoms with van der Waals surface area (Å²) in [5.41, 5.74) is 1.40. The highest BCUT2D eigenvalue weighted by molar-refractivity contribution is 9.10. The zero-order chi connectivity index (χ0) is 12.4. The van der Waals surface area contributed by atoms with Crippen LogP contribution in [0.2, 0.25) is 0 Å². The third-order valence-corrected chi connectivity index (χ3v) is 4.62. The highest BCUT2D eigenvalue weighted by Gasteiger charge is 2.33. The average Bonchev–Trinajstić information content (AvgIpc) is 2.39. The van der Waals surface area contributed by atoms with Crippen LogP contribution in [-0.4, -0.2) is 30.2 Å². The van der Waals surface area contributed by atoms with E-state index in [1.165, 1.54) is 35.7 Å². The van der Waals surface area contributed by atoms with Crippen LogP contribution >= 0.6 is 15.9 Å². The second kappa shape index (κ2) is 5.72. The van der Waals surface area contributed by atoms with Crippen LogP contribution < -0.4 is 0 Å². The Morgan fingerprint density at radius 3 is 3.06 bits per heavy atom. The summed E-state index contributed by atoms with van der Waals surface area (Å²) in [5, 5.41) is 0. The number of halogens is 1. The van der Waals surface area contributed by atoms with Gasteiger partial charge < -0.3 is 4.74 Å². The minimum absolute atomic E-state index is 0.486. The zero-order valence-corrected chi connectivity index (χ0v) is 12.2. The van der Waals surface area contributed by atoms with E-state index in [4.69, 9.17) is 4.74 Å². The summed E-state index contributed by atoms with van der Waals surface area (Å²) in [7, 11) is 0. The lowest BCUT2D eigenvalue weighted by atomic mass is 9.90. The maximum atomic E-state index is 5.92. The fourth-order valence-corrected chi connectivity index (χ4v) is 3.69. The lowest BCUT2D eigenvalue weighted by molar-refractivity contribution is -0.0911. The molecule has 1 saturated carbocycles. The van der Waals surface area contributed by atoms with Crippen LogP contribution in [0.1, 0.15) is 31.2 Å². The molecule has 2 fully saturated rings. The molecule has 1 saturated heterocycles. The molecule has 0 spiro atoms. The van der Waals surface area contributed by atoms with Crippen molar-refractivity contribution in [2.45, 2.75) is 44.4 Å². The lowest BCUT2D eigenvalue weighted by Crippen LogP contribution is -2.52. The van der Waals surface area contributed by atoms with Gasteiger partial charge in [0.2, 0.25) is 0 Å². The van der Waals surface area contributed by atoms with Gasteiger partial charge in [0.05, 0.1) is 12.7 Å². The largest absolute Gasteiger partial charge is 0.375 e. The molecule has 18 heavy (non-hydrogen) atoms. The molecule has 1 aromatic rings. The van der Waals surface area contributed by atoms with Crippen LogP contribution in [0.3, 0.4) is 0 Å². The van der Waals surface area contributed by atoms with Crippen LogP contribution in [-0.2, 0) is 11.3 Å². The van der Waals surface area contributed by atoms with E-state index in [1.807, 2.05) is 0 Å². The Balaban J connectivity index is 1.71. The Labute approximate surface area is 117 Å². The summed E-state index contributed by atoms with van der Waals surface area (Å²) in [4.78, 5) is 2.62. The molecule has 1 aliphatic heterocycles. The summed E-state index contributed by atoms with van der Waals surface area (Å²) in [6, 6.07) is 9.31. The molecule has 1 aromatic carbocycles. The molecule has 1 aliphatic carbocycles. The first-order valence-electron chi connectivity index (χ1n) is 6.93. The maximum absolute atomic E-state index is 5.92. The molecule has 0 N–H and O–H groups in total. The maximum Gasteiger partial charge on any atom is 0.0731 e. The first-order valence-corrected chi connectivity index (χ1v) is 7.72. The minimum Gasteiger partial charge on any atom is -0.375 e. The minimum atomic E-state index is 0.486. The average molecular weight is 310 g/mol. The highest BCUT2D eigenvalue weighted by atomic mass is 79.9. The quantitative estimate of drug-likeness (QED) is 0.828. The second-order valence-corrected chi connectivity index (χ2v) is 6.28. The fraction of sp³-hybridized carbons (Fsp3) is 0.600. The summed E-state index contributed by atoms with van der Waals surface area (Å²) in [5.74, 6) is 0. The first-order chi connectivity index (χ1) is 8.83. The van der Waals surface area contributed by atoms with Gasteiger partial charge in [-0.2, -0.15) is 0 Å². The molecule has 0 bridgehead atoms. The van der Waals surface area contributed by atoms with Gasteiger partial charge in [-0.1, -0.05) is 40.9 Å².